The molecule has 88 valence electrons. The lowest BCUT2D eigenvalue weighted by molar-refractivity contribution is 0.314. The van der Waals surface area contributed by atoms with Crippen molar-refractivity contribution >= 4 is 0 Å². The van der Waals surface area contributed by atoms with E-state index in [1.165, 1.54) is 64.5 Å². The zero-order valence-corrected chi connectivity index (χ0v) is 10.4. The van der Waals surface area contributed by atoms with E-state index in [2.05, 4.69) is 18.8 Å². The Labute approximate surface area is 95.3 Å². The van der Waals surface area contributed by atoms with E-state index in [1.54, 1.807) is 0 Å². The van der Waals surface area contributed by atoms with E-state index in [-0.39, 0.29) is 0 Å². The van der Waals surface area contributed by atoms with Crippen LogP contribution in [-0.4, -0.2) is 13.1 Å². The zero-order valence-electron chi connectivity index (χ0n) is 10.4. The third kappa shape index (κ3) is 5.36. The minimum atomic E-state index is 0.612. The van der Waals surface area contributed by atoms with Crippen molar-refractivity contribution in [3.05, 3.63) is 12.7 Å². The lowest BCUT2D eigenvalue weighted by Crippen LogP contribution is -2.30. The van der Waals surface area contributed by atoms with E-state index < -0.39 is 0 Å². The van der Waals surface area contributed by atoms with Gasteiger partial charge in [0.05, 0.1) is 0 Å². The molecule has 0 amide bonds. The average molecular weight is 209 g/mol. The van der Waals surface area contributed by atoms with Gasteiger partial charge in [0.25, 0.3) is 0 Å². The Morgan fingerprint density at radius 1 is 1.20 bits per heavy atom. The Bertz CT molecular complexity index is 168. The first-order valence-corrected chi connectivity index (χ1v) is 6.58. The third-order valence-corrected chi connectivity index (χ3v) is 3.62. The van der Waals surface area contributed by atoms with E-state index in [9.17, 15) is 0 Å². The molecule has 0 unspecified atom stereocenters. The standard InChI is InChI=1S/C14H27N/c1-3-4-5-6-9-12-15-13-14(2)10-7-8-11-14/h3,15H,1,4-13H2,2H3. The van der Waals surface area contributed by atoms with Crippen molar-refractivity contribution in [3.63, 3.8) is 0 Å². The van der Waals surface area contributed by atoms with Crippen molar-refractivity contribution in [2.75, 3.05) is 13.1 Å². The van der Waals surface area contributed by atoms with Crippen molar-refractivity contribution in [2.45, 2.75) is 58.3 Å². The smallest absolute Gasteiger partial charge is 0.000516 e. The third-order valence-electron chi connectivity index (χ3n) is 3.62. The maximum atomic E-state index is 3.74. The van der Waals surface area contributed by atoms with Gasteiger partial charge in [0, 0.05) is 6.54 Å². The molecule has 15 heavy (non-hydrogen) atoms. The van der Waals surface area contributed by atoms with Gasteiger partial charge >= 0.3 is 0 Å². The van der Waals surface area contributed by atoms with Crippen LogP contribution in [0.2, 0.25) is 0 Å². The van der Waals surface area contributed by atoms with E-state index in [0.29, 0.717) is 5.41 Å². The summed E-state index contributed by atoms with van der Waals surface area (Å²) < 4.78 is 0. The van der Waals surface area contributed by atoms with Gasteiger partial charge in [0.15, 0.2) is 0 Å². The lowest BCUT2D eigenvalue weighted by Gasteiger charge is -2.23. The van der Waals surface area contributed by atoms with Crippen LogP contribution in [0, 0.1) is 5.41 Å². The van der Waals surface area contributed by atoms with Crippen molar-refractivity contribution in [1.29, 1.82) is 0 Å². The van der Waals surface area contributed by atoms with Crippen LogP contribution in [0.1, 0.15) is 58.3 Å². The van der Waals surface area contributed by atoms with Crippen molar-refractivity contribution in [3.8, 4) is 0 Å². The molecule has 1 rings (SSSR count). The summed E-state index contributed by atoms with van der Waals surface area (Å²) in [7, 11) is 0. The average Bonchev–Trinajstić information content (AvgIpc) is 2.64. The first kappa shape index (κ1) is 12.8. The van der Waals surface area contributed by atoms with E-state index in [1.807, 2.05) is 6.08 Å². The number of rotatable bonds is 8. The normalized spacial score (nSPS) is 19.3. The highest BCUT2D eigenvalue weighted by molar-refractivity contribution is 4.82. The molecule has 1 N–H and O–H groups in total. The summed E-state index contributed by atoms with van der Waals surface area (Å²) in [5, 5.41) is 3.62. The Morgan fingerprint density at radius 3 is 2.60 bits per heavy atom. The molecule has 0 saturated heterocycles. The molecule has 1 fully saturated rings. The minimum Gasteiger partial charge on any atom is -0.316 e. The number of nitrogens with one attached hydrogen (secondary N) is 1. The van der Waals surface area contributed by atoms with E-state index in [0.717, 1.165) is 0 Å². The monoisotopic (exact) mass is 209 g/mol. The molecular formula is C14H27N. The second-order valence-corrected chi connectivity index (χ2v) is 5.33. The van der Waals surface area contributed by atoms with Gasteiger partial charge in [-0.3, -0.25) is 0 Å². The summed E-state index contributed by atoms with van der Waals surface area (Å²) in [5.41, 5.74) is 0.612. The molecule has 0 spiro atoms. The first-order valence-electron chi connectivity index (χ1n) is 6.58. The van der Waals surface area contributed by atoms with Crippen LogP contribution in [0.4, 0.5) is 0 Å². The summed E-state index contributed by atoms with van der Waals surface area (Å²) in [6.45, 7) is 8.61. The molecule has 1 aliphatic rings. The summed E-state index contributed by atoms with van der Waals surface area (Å²) in [6.07, 6.45) is 12.9. The summed E-state index contributed by atoms with van der Waals surface area (Å²) in [6, 6.07) is 0. The predicted octanol–water partition coefficient (Wildman–Crippen LogP) is 3.90. The van der Waals surface area contributed by atoms with Gasteiger partial charge in [-0.2, -0.15) is 0 Å². The van der Waals surface area contributed by atoms with Crippen molar-refractivity contribution < 1.29 is 0 Å². The molecule has 0 heterocycles. The Morgan fingerprint density at radius 2 is 1.93 bits per heavy atom. The van der Waals surface area contributed by atoms with Gasteiger partial charge in [-0.15, -0.1) is 6.58 Å². The second kappa shape index (κ2) is 7.05. The number of hydrogen-bond donors (Lipinski definition) is 1. The van der Waals surface area contributed by atoms with Crippen LogP contribution >= 0.6 is 0 Å². The summed E-state index contributed by atoms with van der Waals surface area (Å²) >= 11 is 0. The molecule has 0 radical (unpaired) electrons. The SMILES string of the molecule is C=CCCCCCNCC1(C)CCCC1. The minimum absolute atomic E-state index is 0.612. The van der Waals surface area contributed by atoms with Crippen LogP contribution < -0.4 is 5.32 Å². The highest BCUT2D eigenvalue weighted by Crippen LogP contribution is 2.36. The van der Waals surface area contributed by atoms with E-state index >= 15 is 0 Å². The highest BCUT2D eigenvalue weighted by atomic mass is 14.9. The number of allylic oxidation sites excluding steroid dienone is 1. The fraction of sp³-hybridized carbons (Fsp3) is 0.857. The zero-order chi connectivity index (χ0) is 11.0. The molecular weight excluding hydrogens is 182 g/mol. The van der Waals surface area contributed by atoms with Crippen LogP contribution in [0.5, 0.6) is 0 Å². The molecule has 1 heteroatoms. The Balaban J connectivity index is 1.90. The van der Waals surface area contributed by atoms with Crippen LogP contribution in [0.3, 0.4) is 0 Å². The molecule has 1 nitrogen and oxygen atoms in total. The molecule has 0 atom stereocenters. The molecule has 0 aromatic rings. The molecule has 1 aliphatic carbocycles. The van der Waals surface area contributed by atoms with Crippen molar-refractivity contribution in [1.82, 2.24) is 5.32 Å². The fourth-order valence-corrected chi connectivity index (χ4v) is 2.51. The lowest BCUT2D eigenvalue weighted by atomic mass is 9.89. The predicted molar refractivity (Wildman–Crippen MR) is 68.1 cm³/mol. The van der Waals surface area contributed by atoms with Gasteiger partial charge in [-0.05, 0) is 44.1 Å². The van der Waals surface area contributed by atoms with Gasteiger partial charge in [0.1, 0.15) is 0 Å². The molecule has 0 aromatic heterocycles. The number of hydrogen-bond acceptors (Lipinski definition) is 1. The topological polar surface area (TPSA) is 12.0 Å². The Hall–Kier alpha value is -0.300. The fourth-order valence-electron chi connectivity index (χ4n) is 2.51. The Kier molecular flexibility index (Phi) is 6.00. The second-order valence-electron chi connectivity index (χ2n) is 5.33. The van der Waals surface area contributed by atoms with Crippen LogP contribution in [0.15, 0.2) is 12.7 Å². The van der Waals surface area contributed by atoms with Crippen LogP contribution in [0.25, 0.3) is 0 Å². The number of unbranched alkanes of at least 4 members (excludes halogenated alkanes) is 3. The van der Waals surface area contributed by atoms with Gasteiger partial charge in [-0.25, -0.2) is 0 Å². The highest BCUT2D eigenvalue weighted by Gasteiger charge is 2.27. The van der Waals surface area contributed by atoms with Gasteiger partial charge in [0.2, 0.25) is 0 Å². The van der Waals surface area contributed by atoms with Gasteiger partial charge < -0.3 is 5.32 Å². The largest absolute Gasteiger partial charge is 0.316 e. The maximum Gasteiger partial charge on any atom is 0.000516 e. The van der Waals surface area contributed by atoms with E-state index in [4.69, 9.17) is 0 Å². The molecule has 0 aliphatic heterocycles. The quantitative estimate of drug-likeness (QED) is 0.472. The van der Waals surface area contributed by atoms with Crippen molar-refractivity contribution in [2.24, 2.45) is 5.41 Å². The summed E-state index contributed by atoms with van der Waals surface area (Å²) in [4.78, 5) is 0. The molecule has 0 aromatic carbocycles. The maximum absolute atomic E-state index is 3.74. The molecule has 1 saturated carbocycles. The summed E-state index contributed by atoms with van der Waals surface area (Å²) in [5.74, 6) is 0. The molecule has 0 bridgehead atoms. The van der Waals surface area contributed by atoms with Gasteiger partial charge in [-0.1, -0.05) is 32.3 Å². The van der Waals surface area contributed by atoms with Crippen LogP contribution in [-0.2, 0) is 0 Å². The first-order chi connectivity index (χ1) is 7.27.